The molecule has 1 N–H and O–H groups in total. The van der Waals surface area contributed by atoms with Gasteiger partial charge in [-0.3, -0.25) is 5.10 Å². The normalized spacial score (nSPS) is 18.5. The molecule has 2 rings (SSSR count). The van der Waals surface area contributed by atoms with Crippen LogP contribution >= 0.6 is 0 Å². The molecule has 0 atom stereocenters. The average Bonchev–Trinajstić information content (AvgIpc) is 2.88. The van der Waals surface area contributed by atoms with E-state index in [1.165, 1.54) is 0 Å². The maximum Gasteiger partial charge on any atom is 0.435 e. The van der Waals surface area contributed by atoms with E-state index in [9.17, 15) is 18.0 Å². The predicted molar refractivity (Wildman–Crippen MR) is 72.7 cm³/mol. The smallest absolute Gasteiger partial charge is 0.367 e. The van der Waals surface area contributed by atoms with Crippen LogP contribution in [0.4, 0.5) is 13.2 Å². The van der Waals surface area contributed by atoms with E-state index >= 15 is 0 Å². The van der Waals surface area contributed by atoms with E-state index in [0.717, 1.165) is 6.07 Å². The lowest BCUT2D eigenvalue weighted by Crippen LogP contribution is -2.38. The number of hydroxylamine groups is 2. The zero-order chi connectivity index (χ0) is 16.5. The van der Waals surface area contributed by atoms with Gasteiger partial charge < -0.3 is 4.84 Å². The Morgan fingerprint density at radius 2 is 1.91 bits per heavy atom. The summed E-state index contributed by atoms with van der Waals surface area (Å²) in [6.07, 6.45) is -3.22. The van der Waals surface area contributed by atoms with Gasteiger partial charge in [0.1, 0.15) is 0 Å². The number of piperidine rings is 1. The lowest BCUT2D eigenvalue weighted by molar-refractivity contribution is -0.204. The molecule has 0 aliphatic carbocycles. The van der Waals surface area contributed by atoms with Crippen molar-refractivity contribution < 1.29 is 22.8 Å². The number of halogens is 3. The third-order valence-corrected chi connectivity index (χ3v) is 3.61. The first kappa shape index (κ1) is 16.8. The van der Waals surface area contributed by atoms with Gasteiger partial charge in [0.2, 0.25) is 0 Å². The molecule has 0 saturated carbocycles. The van der Waals surface area contributed by atoms with Crippen molar-refractivity contribution in [3.05, 3.63) is 17.5 Å². The Labute approximate surface area is 126 Å². The molecule has 124 valence electrons. The number of rotatable bonds is 2. The quantitative estimate of drug-likeness (QED) is 0.910. The Morgan fingerprint density at radius 1 is 1.32 bits per heavy atom. The molecule has 0 unspecified atom stereocenters. The summed E-state index contributed by atoms with van der Waals surface area (Å²) in [4.78, 5) is 17.1. The third kappa shape index (κ3) is 4.00. The fraction of sp³-hybridized carbons (Fsp3) is 0.714. The predicted octanol–water partition coefficient (Wildman–Crippen LogP) is 3.11. The van der Waals surface area contributed by atoms with Crippen LogP contribution in [0.2, 0.25) is 0 Å². The van der Waals surface area contributed by atoms with Crippen LogP contribution in [0.3, 0.4) is 0 Å². The van der Waals surface area contributed by atoms with Crippen LogP contribution < -0.4 is 0 Å². The van der Waals surface area contributed by atoms with Crippen LogP contribution in [-0.2, 0) is 15.8 Å². The van der Waals surface area contributed by atoms with Crippen LogP contribution in [0.5, 0.6) is 0 Å². The van der Waals surface area contributed by atoms with E-state index in [2.05, 4.69) is 10.2 Å². The van der Waals surface area contributed by atoms with E-state index in [4.69, 9.17) is 4.84 Å². The lowest BCUT2D eigenvalue weighted by Gasteiger charge is -2.31. The summed E-state index contributed by atoms with van der Waals surface area (Å²) in [5.41, 5.74) is -1.000. The first-order valence-corrected chi connectivity index (χ1v) is 7.17. The minimum atomic E-state index is -4.43. The topological polar surface area (TPSA) is 58.2 Å². The number of H-pyrrole nitrogens is 1. The van der Waals surface area contributed by atoms with Crippen LogP contribution in [0, 0.1) is 5.41 Å². The summed E-state index contributed by atoms with van der Waals surface area (Å²) < 4.78 is 37.6. The zero-order valence-electron chi connectivity index (χ0n) is 12.8. The summed E-state index contributed by atoms with van der Waals surface area (Å²) in [5, 5.41) is 7.35. The number of hydrogen-bond donors (Lipinski definition) is 1. The summed E-state index contributed by atoms with van der Waals surface area (Å²) in [7, 11) is 0. The number of carbonyl (C=O) groups is 1. The molecular weight excluding hydrogens is 299 g/mol. The van der Waals surface area contributed by atoms with Gasteiger partial charge in [0.15, 0.2) is 5.69 Å². The molecule has 2 heterocycles. The van der Waals surface area contributed by atoms with Crippen molar-refractivity contribution in [1.29, 1.82) is 0 Å². The molecule has 0 aromatic carbocycles. The standard InChI is InChI=1S/C14H20F3N3O2/c1-13(2,3)12(21)22-20-6-4-9(5-7-20)10-8-11(19-18-10)14(15,16)17/h8-9H,4-7H2,1-3H3,(H,18,19). The van der Waals surface area contributed by atoms with Crippen molar-refractivity contribution in [2.24, 2.45) is 5.41 Å². The van der Waals surface area contributed by atoms with Gasteiger partial charge >= 0.3 is 12.1 Å². The number of carbonyl (C=O) groups excluding carboxylic acids is 1. The van der Waals surface area contributed by atoms with Crippen molar-refractivity contribution in [1.82, 2.24) is 15.3 Å². The van der Waals surface area contributed by atoms with Crippen molar-refractivity contribution in [2.75, 3.05) is 13.1 Å². The van der Waals surface area contributed by atoms with Crippen molar-refractivity contribution in [3.63, 3.8) is 0 Å². The molecule has 1 aromatic rings. The molecule has 1 aliphatic heterocycles. The Balaban J connectivity index is 1.90. The SMILES string of the molecule is CC(C)(C)C(=O)ON1CCC(c2cc(C(F)(F)F)n[nH]2)CC1. The Bertz CT molecular complexity index is 526. The summed E-state index contributed by atoms with van der Waals surface area (Å²) >= 11 is 0. The number of hydrogen-bond acceptors (Lipinski definition) is 4. The van der Waals surface area contributed by atoms with Gasteiger partial charge in [-0.05, 0) is 39.7 Å². The monoisotopic (exact) mass is 319 g/mol. The molecule has 22 heavy (non-hydrogen) atoms. The number of nitrogens with zero attached hydrogens (tertiary/aromatic N) is 2. The number of aromatic nitrogens is 2. The van der Waals surface area contributed by atoms with Gasteiger partial charge in [-0.25, -0.2) is 4.79 Å². The second-order valence-corrected chi connectivity index (χ2v) is 6.54. The maximum atomic E-state index is 12.5. The van der Waals surface area contributed by atoms with Crippen LogP contribution in [0.15, 0.2) is 6.07 Å². The van der Waals surface area contributed by atoms with Crippen LogP contribution in [-0.4, -0.2) is 34.3 Å². The summed E-state index contributed by atoms with van der Waals surface area (Å²) in [6, 6.07) is 1.06. The van der Waals surface area contributed by atoms with Crippen molar-refractivity contribution in [2.45, 2.75) is 45.7 Å². The number of alkyl halides is 3. The van der Waals surface area contributed by atoms with E-state index in [-0.39, 0.29) is 11.9 Å². The summed E-state index contributed by atoms with van der Waals surface area (Å²) in [6.45, 7) is 6.29. The summed E-state index contributed by atoms with van der Waals surface area (Å²) in [5.74, 6) is -0.347. The van der Waals surface area contributed by atoms with Gasteiger partial charge in [0.25, 0.3) is 0 Å². The molecule has 1 fully saturated rings. The highest BCUT2D eigenvalue weighted by Crippen LogP contribution is 2.32. The molecule has 8 heteroatoms. The largest absolute Gasteiger partial charge is 0.435 e. The maximum absolute atomic E-state index is 12.5. The van der Waals surface area contributed by atoms with E-state index in [0.29, 0.717) is 31.6 Å². The third-order valence-electron chi connectivity index (χ3n) is 3.61. The first-order valence-electron chi connectivity index (χ1n) is 7.17. The molecule has 1 aliphatic rings. The minimum absolute atomic E-state index is 0.0341. The molecule has 1 aromatic heterocycles. The molecule has 0 spiro atoms. The van der Waals surface area contributed by atoms with Crippen molar-refractivity contribution in [3.8, 4) is 0 Å². The van der Waals surface area contributed by atoms with Crippen molar-refractivity contribution >= 4 is 5.97 Å². The highest BCUT2D eigenvalue weighted by molar-refractivity contribution is 5.75. The zero-order valence-corrected chi connectivity index (χ0v) is 12.8. The first-order chi connectivity index (χ1) is 10.1. The molecule has 0 amide bonds. The van der Waals surface area contributed by atoms with Gasteiger partial charge in [-0.1, -0.05) is 0 Å². The second-order valence-electron chi connectivity index (χ2n) is 6.54. The average molecular weight is 319 g/mol. The van der Waals surface area contributed by atoms with Gasteiger partial charge in [-0.15, -0.1) is 5.06 Å². The minimum Gasteiger partial charge on any atom is -0.367 e. The Morgan fingerprint density at radius 3 is 2.36 bits per heavy atom. The molecule has 0 radical (unpaired) electrons. The Hall–Kier alpha value is -1.57. The van der Waals surface area contributed by atoms with Crippen LogP contribution in [0.1, 0.15) is 50.9 Å². The van der Waals surface area contributed by atoms with Gasteiger partial charge in [0, 0.05) is 24.7 Å². The Kier molecular flexibility index (Phi) is 4.51. The van der Waals surface area contributed by atoms with E-state index in [1.807, 2.05) is 0 Å². The molecule has 1 saturated heterocycles. The highest BCUT2D eigenvalue weighted by atomic mass is 19.4. The fourth-order valence-electron chi connectivity index (χ4n) is 2.20. The van der Waals surface area contributed by atoms with Gasteiger partial charge in [-0.2, -0.15) is 18.3 Å². The molecular formula is C14H20F3N3O2. The number of aromatic amines is 1. The second kappa shape index (κ2) is 5.91. The molecule has 0 bridgehead atoms. The van der Waals surface area contributed by atoms with E-state index < -0.39 is 17.3 Å². The lowest BCUT2D eigenvalue weighted by atomic mass is 9.94. The number of nitrogens with one attached hydrogen (secondary N) is 1. The van der Waals surface area contributed by atoms with Gasteiger partial charge in [0.05, 0.1) is 5.41 Å². The molecule has 5 nitrogen and oxygen atoms in total. The van der Waals surface area contributed by atoms with E-state index in [1.54, 1.807) is 25.8 Å². The van der Waals surface area contributed by atoms with Crippen LogP contribution in [0.25, 0.3) is 0 Å². The highest BCUT2D eigenvalue weighted by Gasteiger charge is 2.35. The fourth-order valence-corrected chi connectivity index (χ4v) is 2.20.